The second-order valence-electron chi connectivity index (χ2n) is 7.66. The standard InChI is InChI=1S/C22H25N5O2/c1-15(2)21-24-20(25-29-21)18-7-8-19(23-14-18)26-9-11-27(12-10-26)22(28)17-6-4-5-16(3)13-17/h4-8,13-15H,9-12H2,1-3H3. The van der Waals surface area contributed by atoms with Gasteiger partial charge in [-0.2, -0.15) is 4.98 Å². The zero-order chi connectivity index (χ0) is 20.4. The number of pyridine rings is 1. The van der Waals surface area contributed by atoms with Crippen LogP contribution < -0.4 is 4.90 Å². The van der Waals surface area contributed by atoms with Gasteiger partial charge in [-0.1, -0.05) is 36.7 Å². The average molecular weight is 391 g/mol. The van der Waals surface area contributed by atoms with E-state index in [-0.39, 0.29) is 11.8 Å². The Morgan fingerprint density at radius 1 is 1.10 bits per heavy atom. The topological polar surface area (TPSA) is 75.4 Å². The first-order valence-corrected chi connectivity index (χ1v) is 9.92. The summed E-state index contributed by atoms with van der Waals surface area (Å²) in [6, 6.07) is 11.7. The molecule has 1 aliphatic rings. The first-order chi connectivity index (χ1) is 14.0. The number of hydrogen-bond acceptors (Lipinski definition) is 6. The van der Waals surface area contributed by atoms with Crippen LogP contribution in [-0.4, -0.2) is 52.1 Å². The molecular weight excluding hydrogens is 366 g/mol. The molecule has 1 aromatic carbocycles. The number of carbonyl (C=O) groups is 1. The number of hydrogen-bond donors (Lipinski definition) is 0. The van der Waals surface area contributed by atoms with Crippen LogP contribution in [0.4, 0.5) is 5.82 Å². The van der Waals surface area contributed by atoms with E-state index in [1.54, 1.807) is 6.20 Å². The summed E-state index contributed by atoms with van der Waals surface area (Å²) in [6.07, 6.45) is 1.77. The maximum atomic E-state index is 12.7. The summed E-state index contributed by atoms with van der Waals surface area (Å²) in [5.74, 6) is 2.36. The SMILES string of the molecule is Cc1cccc(C(=O)N2CCN(c3ccc(-c4noc(C(C)C)n4)cn3)CC2)c1. The van der Waals surface area contributed by atoms with Crippen LogP contribution in [-0.2, 0) is 0 Å². The van der Waals surface area contributed by atoms with Crippen molar-refractivity contribution in [3.63, 3.8) is 0 Å². The van der Waals surface area contributed by atoms with Crippen LogP contribution in [0.1, 0.15) is 41.6 Å². The van der Waals surface area contributed by atoms with E-state index in [9.17, 15) is 4.79 Å². The molecule has 0 aliphatic carbocycles. The molecule has 150 valence electrons. The normalized spacial score (nSPS) is 14.5. The predicted molar refractivity (Wildman–Crippen MR) is 111 cm³/mol. The number of carbonyl (C=O) groups excluding carboxylic acids is 1. The quantitative estimate of drug-likeness (QED) is 0.677. The third-order valence-corrected chi connectivity index (χ3v) is 5.10. The van der Waals surface area contributed by atoms with E-state index < -0.39 is 0 Å². The second kappa shape index (κ2) is 8.03. The summed E-state index contributed by atoms with van der Waals surface area (Å²) < 4.78 is 5.27. The molecule has 0 saturated carbocycles. The maximum Gasteiger partial charge on any atom is 0.253 e. The van der Waals surface area contributed by atoms with Crippen LogP contribution in [0.3, 0.4) is 0 Å². The summed E-state index contributed by atoms with van der Waals surface area (Å²) in [4.78, 5) is 25.8. The van der Waals surface area contributed by atoms with Gasteiger partial charge < -0.3 is 14.3 Å². The van der Waals surface area contributed by atoms with E-state index in [0.717, 1.165) is 35.6 Å². The van der Waals surface area contributed by atoms with Crippen molar-refractivity contribution in [3.05, 3.63) is 59.6 Å². The fraction of sp³-hybridized carbons (Fsp3) is 0.364. The number of aryl methyl sites for hydroxylation is 1. The fourth-order valence-electron chi connectivity index (χ4n) is 3.39. The van der Waals surface area contributed by atoms with E-state index in [2.05, 4.69) is 20.0 Å². The van der Waals surface area contributed by atoms with Gasteiger partial charge in [0.25, 0.3) is 5.91 Å². The Balaban J connectivity index is 1.39. The molecular formula is C22H25N5O2. The van der Waals surface area contributed by atoms with Crippen molar-refractivity contribution in [1.82, 2.24) is 20.0 Å². The van der Waals surface area contributed by atoms with Gasteiger partial charge in [-0.05, 0) is 31.2 Å². The van der Waals surface area contributed by atoms with E-state index in [1.807, 2.05) is 62.1 Å². The highest BCUT2D eigenvalue weighted by molar-refractivity contribution is 5.94. The van der Waals surface area contributed by atoms with Gasteiger partial charge in [0.15, 0.2) is 0 Å². The van der Waals surface area contributed by atoms with Crippen molar-refractivity contribution in [1.29, 1.82) is 0 Å². The molecule has 0 radical (unpaired) electrons. The lowest BCUT2D eigenvalue weighted by Crippen LogP contribution is -2.49. The van der Waals surface area contributed by atoms with Crippen molar-refractivity contribution in [2.24, 2.45) is 0 Å². The molecule has 7 heteroatoms. The molecule has 2 aromatic heterocycles. The van der Waals surface area contributed by atoms with Gasteiger partial charge in [0.05, 0.1) is 0 Å². The number of anilines is 1. The number of piperazine rings is 1. The Hall–Kier alpha value is -3.22. The second-order valence-corrected chi connectivity index (χ2v) is 7.66. The molecule has 3 heterocycles. The van der Waals surface area contributed by atoms with Crippen LogP contribution >= 0.6 is 0 Å². The molecule has 29 heavy (non-hydrogen) atoms. The Labute approximate surface area is 170 Å². The molecule has 3 aromatic rings. The monoisotopic (exact) mass is 391 g/mol. The molecule has 1 aliphatic heterocycles. The highest BCUT2D eigenvalue weighted by atomic mass is 16.5. The van der Waals surface area contributed by atoms with Crippen molar-refractivity contribution < 1.29 is 9.32 Å². The lowest BCUT2D eigenvalue weighted by Gasteiger charge is -2.35. The number of nitrogens with zero attached hydrogens (tertiary/aromatic N) is 5. The van der Waals surface area contributed by atoms with E-state index in [1.165, 1.54) is 0 Å². The highest BCUT2D eigenvalue weighted by Gasteiger charge is 2.23. The van der Waals surface area contributed by atoms with Gasteiger partial charge in [-0.15, -0.1) is 0 Å². The van der Waals surface area contributed by atoms with Crippen LogP contribution in [0.5, 0.6) is 0 Å². The van der Waals surface area contributed by atoms with Gasteiger partial charge in [-0.25, -0.2) is 4.98 Å². The Kier molecular flexibility index (Phi) is 5.29. The van der Waals surface area contributed by atoms with Crippen molar-refractivity contribution in [2.45, 2.75) is 26.7 Å². The Morgan fingerprint density at radius 2 is 1.90 bits per heavy atom. The minimum absolute atomic E-state index is 0.0923. The molecule has 7 nitrogen and oxygen atoms in total. The first-order valence-electron chi connectivity index (χ1n) is 9.92. The molecule has 1 fully saturated rings. The molecule has 4 rings (SSSR count). The highest BCUT2D eigenvalue weighted by Crippen LogP contribution is 2.22. The van der Waals surface area contributed by atoms with E-state index >= 15 is 0 Å². The summed E-state index contributed by atoms with van der Waals surface area (Å²) in [5.41, 5.74) is 2.68. The molecule has 0 atom stereocenters. The number of benzene rings is 1. The lowest BCUT2D eigenvalue weighted by atomic mass is 10.1. The van der Waals surface area contributed by atoms with Crippen LogP contribution in [0.25, 0.3) is 11.4 Å². The number of aromatic nitrogens is 3. The smallest absolute Gasteiger partial charge is 0.253 e. The molecule has 1 saturated heterocycles. The van der Waals surface area contributed by atoms with Gasteiger partial charge in [0, 0.05) is 49.4 Å². The molecule has 0 N–H and O–H groups in total. The zero-order valence-electron chi connectivity index (χ0n) is 17.0. The Morgan fingerprint density at radius 3 is 2.52 bits per heavy atom. The summed E-state index contributed by atoms with van der Waals surface area (Å²) in [5, 5.41) is 4.03. The first kappa shape index (κ1) is 19.1. The van der Waals surface area contributed by atoms with Crippen LogP contribution in [0, 0.1) is 6.92 Å². The van der Waals surface area contributed by atoms with Crippen LogP contribution in [0.15, 0.2) is 47.1 Å². The lowest BCUT2D eigenvalue weighted by molar-refractivity contribution is 0.0746. The minimum Gasteiger partial charge on any atom is -0.353 e. The zero-order valence-corrected chi connectivity index (χ0v) is 17.0. The molecule has 1 amide bonds. The van der Waals surface area contributed by atoms with Crippen molar-refractivity contribution in [3.8, 4) is 11.4 Å². The van der Waals surface area contributed by atoms with Gasteiger partial charge in [0.1, 0.15) is 5.82 Å². The van der Waals surface area contributed by atoms with Crippen LogP contribution in [0.2, 0.25) is 0 Å². The largest absolute Gasteiger partial charge is 0.353 e. The third kappa shape index (κ3) is 4.13. The van der Waals surface area contributed by atoms with E-state index in [4.69, 9.17) is 4.52 Å². The number of rotatable bonds is 4. The summed E-state index contributed by atoms with van der Waals surface area (Å²) >= 11 is 0. The molecule has 0 bridgehead atoms. The maximum absolute atomic E-state index is 12.7. The van der Waals surface area contributed by atoms with Crippen molar-refractivity contribution in [2.75, 3.05) is 31.1 Å². The van der Waals surface area contributed by atoms with E-state index in [0.29, 0.717) is 24.8 Å². The summed E-state index contributed by atoms with van der Waals surface area (Å²) in [6.45, 7) is 8.90. The number of amides is 1. The Bertz CT molecular complexity index is 988. The predicted octanol–water partition coefficient (Wildman–Crippen LogP) is 3.53. The third-order valence-electron chi connectivity index (χ3n) is 5.10. The molecule has 0 unspecified atom stereocenters. The van der Waals surface area contributed by atoms with Crippen molar-refractivity contribution >= 4 is 11.7 Å². The van der Waals surface area contributed by atoms with Gasteiger partial charge in [-0.3, -0.25) is 4.79 Å². The van der Waals surface area contributed by atoms with Gasteiger partial charge >= 0.3 is 0 Å². The summed E-state index contributed by atoms with van der Waals surface area (Å²) in [7, 11) is 0. The minimum atomic E-state index is 0.0923. The average Bonchev–Trinajstić information content (AvgIpc) is 3.24. The fourth-order valence-corrected chi connectivity index (χ4v) is 3.39. The molecule has 0 spiro atoms. The van der Waals surface area contributed by atoms with Gasteiger partial charge in [0.2, 0.25) is 11.7 Å².